The van der Waals surface area contributed by atoms with Gasteiger partial charge in [-0.25, -0.2) is 8.42 Å². The number of rotatable bonds is 4. The molecule has 1 heterocycles. The van der Waals surface area contributed by atoms with Crippen molar-refractivity contribution < 1.29 is 8.42 Å². The van der Waals surface area contributed by atoms with Crippen LogP contribution in [0.3, 0.4) is 0 Å². The molecule has 0 bridgehead atoms. The molecule has 14 heavy (non-hydrogen) atoms. The van der Waals surface area contributed by atoms with Crippen molar-refractivity contribution in [2.24, 2.45) is 0 Å². The zero-order valence-electron chi connectivity index (χ0n) is 8.99. The molecule has 0 amide bonds. The molecule has 1 aliphatic heterocycles. The number of nitrogens with zero attached hydrogens (tertiary/aromatic N) is 1. The maximum Gasteiger partial charge on any atom is 0.151 e. The van der Waals surface area contributed by atoms with Gasteiger partial charge in [0.05, 0.1) is 5.75 Å². The monoisotopic (exact) mass is 220 g/mol. The van der Waals surface area contributed by atoms with E-state index in [-0.39, 0.29) is 11.8 Å². The van der Waals surface area contributed by atoms with Crippen LogP contribution >= 0.6 is 0 Å². The molecule has 5 heteroatoms. The Morgan fingerprint density at radius 3 is 2.43 bits per heavy atom. The van der Waals surface area contributed by atoms with Gasteiger partial charge in [0.1, 0.15) is 0 Å². The smallest absolute Gasteiger partial charge is 0.151 e. The van der Waals surface area contributed by atoms with Crippen LogP contribution in [0.25, 0.3) is 0 Å². The summed E-state index contributed by atoms with van der Waals surface area (Å²) in [6.45, 7) is 7.56. The molecule has 0 saturated carbocycles. The number of sulfone groups is 1. The van der Waals surface area contributed by atoms with Crippen LogP contribution in [0.5, 0.6) is 0 Å². The molecule has 0 radical (unpaired) electrons. The molecule has 1 atom stereocenters. The molecule has 0 aromatic heterocycles. The van der Waals surface area contributed by atoms with Crippen LogP contribution < -0.4 is 5.32 Å². The molecule has 0 aromatic rings. The molecular weight excluding hydrogens is 200 g/mol. The van der Waals surface area contributed by atoms with Crippen LogP contribution in [-0.4, -0.2) is 57.0 Å². The van der Waals surface area contributed by atoms with E-state index in [1.54, 1.807) is 6.92 Å². The highest BCUT2D eigenvalue weighted by molar-refractivity contribution is 7.91. The Balaban J connectivity index is 2.44. The standard InChI is InChI=1S/C9H20N2O2S/c1-3-14(12,13)8-9(2)11-6-4-10-5-7-11/h9-10H,3-8H2,1-2H3. The molecule has 84 valence electrons. The third kappa shape index (κ3) is 3.55. The average Bonchev–Trinajstić information content (AvgIpc) is 2.19. The van der Waals surface area contributed by atoms with Crippen LogP contribution in [0.4, 0.5) is 0 Å². The lowest BCUT2D eigenvalue weighted by molar-refractivity contribution is 0.197. The Morgan fingerprint density at radius 2 is 1.93 bits per heavy atom. The fourth-order valence-electron chi connectivity index (χ4n) is 1.71. The first-order chi connectivity index (χ1) is 6.55. The molecule has 1 rings (SSSR count). The normalized spacial score (nSPS) is 22.1. The maximum absolute atomic E-state index is 11.4. The molecule has 0 aliphatic carbocycles. The fraction of sp³-hybridized carbons (Fsp3) is 1.00. The average molecular weight is 220 g/mol. The Bertz CT molecular complexity index is 258. The van der Waals surface area contributed by atoms with Gasteiger partial charge in [0.2, 0.25) is 0 Å². The van der Waals surface area contributed by atoms with Crippen molar-refractivity contribution in [1.82, 2.24) is 10.2 Å². The summed E-state index contributed by atoms with van der Waals surface area (Å²) < 4.78 is 22.8. The summed E-state index contributed by atoms with van der Waals surface area (Å²) in [4.78, 5) is 2.24. The van der Waals surface area contributed by atoms with Crippen molar-refractivity contribution >= 4 is 9.84 Å². The topological polar surface area (TPSA) is 49.4 Å². The van der Waals surface area contributed by atoms with E-state index in [0.29, 0.717) is 5.75 Å². The molecule has 1 unspecified atom stereocenters. The molecule has 4 nitrogen and oxygen atoms in total. The molecule has 1 N–H and O–H groups in total. The van der Waals surface area contributed by atoms with E-state index in [9.17, 15) is 8.42 Å². The van der Waals surface area contributed by atoms with Gasteiger partial charge in [-0.3, -0.25) is 4.90 Å². The van der Waals surface area contributed by atoms with E-state index in [2.05, 4.69) is 10.2 Å². The van der Waals surface area contributed by atoms with E-state index in [1.165, 1.54) is 0 Å². The minimum Gasteiger partial charge on any atom is -0.314 e. The van der Waals surface area contributed by atoms with E-state index >= 15 is 0 Å². The Morgan fingerprint density at radius 1 is 1.36 bits per heavy atom. The van der Waals surface area contributed by atoms with Gasteiger partial charge < -0.3 is 5.32 Å². The van der Waals surface area contributed by atoms with Gasteiger partial charge in [-0.05, 0) is 6.92 Å². The van der Waals surface area contributed by atoms with E-state index in [0.717, 1.165) is 26.2 Å². The highest BCUT2D eigenvalue weighted by Gasteiger charge is 2.21. The highest BCUT2D eigenvalue weighted by Crippen LogP contribution is 2.04. The number of hydrogen-bond acceptors (Lipinski definition) is 4. The lowest BCUT2D eigenvalue weighted by Crippen LogP contribution is -2.49. The molecule has 0 spiro atoms. The summed E-state index contributed by atoms with van der Waals surface area (Å²) in [6.07, 6.45) is 0. The SMILES string of the molecule is CCS(=O)(=O)CC(C)N1CCNCC1. The molecule has 1 aliphatic rings. The van der Waals surface area contributed by atoms with Crippen LogP contribution in [0, 0.1) is 0 Å². The Hall–Kier alpha value is -0.130. The van der Waals surface area contributed by atoms with Gasteiger partial charge in [0, 0.05) is 38.0 Å². The quantitative estimate of drug-likeness (QED) is 0.707. The zero-order chi connectivity index (χ0) is 10.6. The van der Waals surface area contributed by atoms with Crippen molar-refractivity contribution in [2.45, 2.75) is 19.9 Å². The first-order valence-corrected chi connectivity index (χ1v) is 7.02. The van der Waals surface area contributed by atoms with Crippen molar-refractivity contribution in [1.29, 1.82) is 0 Å². The molecular formula is C9H20N2O2S. The Labute approximate surface area is 86.6 Å². The van der Waals surface area contributed by atoms with Gasteiger partial charge in [-0.15, -0.1) is 0 Å². The van der Waals surface area contributed by atoms with Gasteiger partial charge >= 0.3 is 0 Å². The summed E-state index contributed by atoms with van der Waals surface area (Å²) in [5, 5.41) is 3.26. The lowest BCUT2D eigenvalue weighted by Gasteiger charge is -2.32. The predicted octanol–water partition coefficient (Wildman–Crippen LogP) is -0.285. The van der Waals surface area contributed by atoms with Crippen LogP contribution in [0.1, 0.15) is 13.8 Å². The van der Waals surface area contributed by atoms with Crippen LogP contribution in [-0.2, 0) is 9.84 Å². The highest BCUT2D eigenvalue weighted by atomic mass is 32.2. The van der Waals surface area contributed by atoms with Crippen molar-refractivity contribution in [2.75, 3.05) is 37.7 Å². The largest absolute Gasteiger partial charge is 0.314 e. The summed E-state index contributed by atoms with van der Waals surface area (Å²) in [6, 6.07) is 0.155. The van der Waals surface area contributed by atoms with Gasteiger partial charge in [-0.2, -0.15) is 0 Å². The molecule has 0 aromatic carbocycles. The predicted molar refractivity (Wildman–Crippen MR) is 58.2 cm³/mol. The van der Waals surface area contributed by atoms with E-state index in [4.69, 9.17) is 0 Å². The zero-order valence-corrected chi connectivity index (χ0v) is 9.81. The summed E-state index contributed by atoms with van der Waals surface area (Å²) in [7, 11) is -2.83. The summed E-state index contributed by atoms with van der Waals surface area (Å²) >= 11 is 0. The second kappa shape index (κ2) is 5.09. The van der Waals surface area contributed by atoms with E-state index in [1.807, 2.05) is 6.92 Å². The van der Waals surface area contributed by atoms with Crippen molar-refractivity contribution in [3.8, 4) is 0 Å². The van der Waals surface area contributed by atoms with Gasteiger partial charge in [-0.1, -0.05) is 6.92 Å². The summed E-state index contributed by atoms with van der Waals surface area (Å²) in [5.74, 6) is 0.549. The Kier molecular flexibility index (Phi) is 4.34. The fourth-order valence-corrected chi connectivity index (χ4v) is 2.90. The second-order valence-electron chi connectivity index (χ2n) is 3.83. The van der Waals surface area contributed by atoms with Crippen LogP contribution in [0.15, 0.2) is 0 Å². The minimum absolute atomic E-state index is 0.155. The third-order valence-electron chi connectivity index (χ3n) is 2.71. The maximum atomic E-state index is 11.4. The van der Waals surface area contributed by atoms with Crippen LogP contribution in [0.2, 0.25) is 0 Å². The first kappa shape index (κ1) is 11.9. The summed E-state index contributed by atoms with van der Waals surface area (Å²) in [5.41, 5.74) is 0. The van der Waals surface area contributed by atoms with Crippen molar-refractivity contribution in [3.63, 3.8) is 0 Å². The number of piperazine rings is 1. The van der Waals surface area contributed by atoms with Gasteiger partial charge in [0.15, 0.2) is 9.84 Å². The molecule has 1 fully saturated rings. The first-order valence-electron chi connectivity index (χ1n) is 5.20. The number of hydrogen-bond donors (Lipinski definition) is 1. The third-order valence-corrected chi connectivity index (χ3v) is 4.58. The number of nitrogens with one attached hydrogen (secondary N) is 1. The molecule has 1 saturated heterocycles. The van der Waals surface area contributed by atoms with E-state index < -0.39 is 9.84 Å². The lowest BCUT2D eigenvalue weighted by atomic mass is 10.3. The van der Waals surface area contributed by atoms with Crippen molar-refractivity contribution in [3.05, 3.63) is 0 Å². The second-order valence-corrected chi connectivity index (χ2v) is 6.23. The minimum atomic E-state index is -2.83. The van der Waals surface area contributed by atoms with Gasteiger partial charge in [0.25, 0.3) is 0 Å².